The van der Waals surface area contributed by atoms with E-state index in [1.807, 2.05) is 12.4 Å². The van der Waals surface area contributed by atoms with Crippen molar-refractivity contribution in [2.24, 2.45) is 0 Å². The summed E-state index contributed by atoms with van der Waals surface area (Å²) in [5.41, 5.74) is 13.3. The molecule has 2 heteroatoms. The molecule has 59 heavy (non-hydrogen) atoms. The topological polar surface area (TPSA) is 17.8 Å². The number of nitrogens with zero attached hydrogens (tertiary/aromatic N) is 2. The maximum absolute atomic E-state index is 4.35. The van der Waals surface area contributed by atoms with E-state index in [1.54, 1.807) is 0 Å². The van der Waals surface area contributed by atoms with Crippen LogP contribution >= 0.6 is 0 Å². The molecule has 0 unspecified atom stereocenters. The van der Waals surface area contributed by atoms with E-state index in [1.165, 1.54) is 104 Å². The number of aromatic nitrogens is 2. The van der Waals surface area contributed by atoms with Crippen molar-refractivity contribution in [3.8, 4) is 50.2 Å². The monoisotopic (exact) mass is 748 g/mol. The second kappa shape index (κ2) is 13.4. The zero-order chi connectivity index (χ0) is 38.9. The van der Waals surface area contributed by atoms with Gasteiger partial charge in [-0.05, 0) is 113 Å². The molecule has 0 aliphatic carbocycles. The Bertz CT molecular complexity index is 3370. The summed E-state index contributed by atoms with van der Waals surface area (Å²) in [7, 11) is 0. The van der Waals surface area contributed by atoms with Gasteiger partial charge in [0.15, 0.2) is 0 Å². The molecule has 2 heterocycles. The van der Waals surface area contributed by atoms with E-state index < -0.39 is 0 Å². The molecule has 0 aliphatic rings. The molecule has 0 saturated carbocycles. The van der Waals surface area contributed by atoms with Gasteiger partial charge in [0, 0.05) is 33.9 Å². The summed E-state index contributed by atoms with van der Waals surface area (Å²) in [4.78, 5) is 4.35. The second-order valence-electron chi connectivity index (χ2n) is 15.4. The average molecular weight is 749 g/mol. The minimum atomic E-state index is 1.15. The Morgan fingerprint density at radius 2 is 0.644 bits per heavy atom. The van der Waals surface area contributed by atoms with Crippen LogP contribution in [0.5, 0.6) is 0 Å². The third kappa shape index (κ3) is 5.17. The van der Waals surface area contributed by atoms with Crippen molar-refractivity contribution >= 4 is 64.9 Å². The lowest BCUT2D eigenvalue weighted by molar-refractivity contribution is 1.21. The Hall–Kier alpha value is -7.81. The van der Waals surface area contributed by atoms with E-state index in [9.17, 15) is 0 Å². The molecule has 0 aliphatic heterocycles. The summed E-state index contributed by atoms with van der Waals surface area (Å²) in [5.74, 6) is 0. The molecule has 12 rings (SSSR count). The predicted molar refractivity (Wildman–Crippen MR) is 250 cm³/mol. The quantitative estimate of drug-likeness (QED) is 0.160. The zero-order valence-corrected chi connectivity index (χ0v) is 32.2. The van der Waals surface area contributed by atoms with Crippen LogP contribution in [0.2, 0.25) is 0 Å². The van der Waals surface area contributed by atoms with E-state index in [0.717, 1.165) is 11.1 Å². The number of benzene rings is 10. The highest BCUT2D eigenvalue weighted by molar-refractivity contribution is 6.30. The van der Waals surface area contributed by atoms with Gasteiger partial charge in [-0.25, -0.2) is 0 Å². The highest BCUT2D eigenvalue weighted by atomic mass is 15.0. The van der Waals surface area contributed by atoms with Crippen LogP contribution in [0.1, 0.15) is 0 Å². The van der Waals surface area contributed by atoms with E-state index >= 15 is 0 Å². The number of fused-ring (bicyclic) bond motifs is 7. The third-order valence-corrected chi connectivity index (χ3v) is 12.3. The lowest BCUT2D eigenvalue weighted by Crippen LogP contribution is -2.00. The van der Waals surface area contributed by atoms with Gasteiger partial charge in [0.1, 0.15) is 0 Å². The van der Waals surface area contributed by atoms with E-state index in [0.29, 0.717) is 0 Å². The van der Waals surface area contributed by atoms with Gasteiger partial charge >= 0.3 is 0 Å². The predicted octanol–water partition coefficient (Wildman–Crippen LogP) is 15.5. The van der Waals surface area contributed by atoms with Crippen LogP contribution in [0.4, 0.5) is 0 Å². The van der Waals surface area contributed by atoms with Crippen molar-refractivity contribution in [1.29, 1.82) is 0 Å². The normalized spacial score (nSPS) is 11.7. The van der Waals surface area contributed by atoms with Gasteiger partial charge in [0.05, 0.1) is 16.7 Å². The summed E-state index contributed by atoms with van der Waals surface area (Å²) in [6.07, 6.45) is 3.76. The smallest absolute Gasteiger partial charge is 0.0619 e. The maximum Gasteiger partial charge on any atom is 0.0619 e. The molecule has 0 radical (unpaired) electrons. The van der Waals surface area contributed by atoms with Crippen LogP contribution < -0.4 is 0 Å². The first kappa shape index (κ1) is 33.3. The van der Waals surface area contributed by atoms with E-state index in [2.05, 4.69) is 216 Å². The standard InChI is InChI=1S/C57H36N2/c1-3-15-37(16-4-1)40-27-29-46-50(35-40)54(39-17-5-2-6-18-39)51-36-41(38-31-33-58-34-32-38)28-30-47(51)56(46)55-44-21-7-9-23-48(44)57(49-24-10-8-22-45(49)55)59-52-25-13-11-19-42(52)43-20-12-14-26-53(43)59/h1-36H. The summed E-state index contributed by atoms with van der Waals surface area (Å²) in [6.45, 7) is 0. The van der Waals surface area contributed by atoms with Crippen LogP contribution in [0, 0.1) is 0 Å². The highest BCUT2D eigenvalue weighted by Gasteiger charge is 2.24. The average Bonchev–Trinajstić information content (AvgIpc) is 3.64. The largest absolute Gasteiger partial charge is 0.308 e. The molecule has 10 aromatic carbocycles. The van der Waals surface area contributed by atoms with Crippen LogP contribution in [0.25, 0.3) is 115 Å². The van der Waals surface area contributed by atoms with Gasteiger partial charge in [-0.1, -0.05) is 170 Å². The molecule has 2 aromatic heterocycles. The fourth-order valence-corrected chi connectivity index (χ4v) is 9.73. The minimum absolute atomic E-state index is 1.15. The van der Waals surface area contributed by atoms with Crippen molar-refractivity contribution in [2.45, 2.75) is 0 Å². The first-order valence-electron chi connectivity index (χ1n) is 20.3. The molecular weight excluding hydrogens is 713 g/mol. The van der Waals surface area contributed by atoms with Gasteiger partial charge in [0.25, 0.3) is 0 Å². The van der Waals surface area contributed by atoms with E-state index in [-0.39, 0.29) is 0 Å². The van der Waals surface area contributed by atoms with Crippen molar-refractivity contribution in [3.05, 3.63) is 219 Å². The van der Waals surface area contributed by atoms with Gasteiger partial charge in [-0.3, -0.25) is 4.98 Å². The molecule has 0 bridgehead atoms. The second-order valence-corrected chi connectivity index (χ2v) is 15.4. The Balaban J connectivity index is 1.28. The fraction of sp³-hybridized carbons (Fsp3) is 0. The Morgan fingerprint density at radius 3 is 1.15 bits per heavy atom. The SMILES string of the molecule is c1ccc(-c2ccc3c(-c4c5ccccc5c(-n5c6ccccc6c6ccccc65)c5ccccc45)c4ccc(-c5ccncc5)cc4c(-c4ccccc4)c3c2)cc1. The number of para-hydroxylation sites is 2. The zero-order valence-electron chi connectivity index (χ0n) is 32.2. The highest BCUT2D eigenvalue weighted by Crippen LogP contribution is 2.51. The first-order valence-corrected chi connectivity index (χ1v) is 20.3. The van der Waals surface area contributed by atoms with Crippen molar-refractivity contribution in [3.63, 3.8) is 0 Å². The summed E-state index contributed by atoms with van der Waals surface area (Å²) >= 11 is 0. The Labute approximate surface area is 341 Å². The molecule has 0 atom stereocenters. The minimum Gasteiger partial charge on any atom is -0.308 e. The van der Waals surface area contributed by atoms with Crippen molar-refractivity contribution in [2.75, 3.05) is 0 Å². The van der Waals surface area contributed by atoms with Crippen molar-refractivity contribution < 1.29 is 0 Å². The molecule has 0 spiro atoms. The maximum atomic E-state index is 4.35. The Kier molecular flexibility index (Phi) is 7.57. The van der Waals surface area contributed by atoms with Gasteiger partial charge in [0.2, 0.25) is 0 Å². The molecule has 0 fully saturated rings. The van der Waals surface area contributed by atoms with Gasteiger partial charge < -0.3 is 4.57 Å². The Morgan fingerprint density at radius 1 is 0.254 bits per heavy atom. The molecule has 0 saturated heterocycles. The van der Waals surface area contributed by atoms with Crippen LogP contribution in [-0.2, 0) is 0 Å². The molecular formula is C57H36N2. The van der Waals surface area contributed by atoms with Crippen LogP contribution in [-0.4, -0.2) is 9.55 Å². The third-order valence-electron chi connectivity index (χ3n) is 12.3. The molecule has 12 aromatic rings. The number of hydrogen-bond donors (Lipinski definition) is 0. The summed E-state index contributed by atoms with van der Waals surface area (Å²) in [5, 5.41) is 12.3. The fourth-order valence-electron chi connectivity index (χ4n) is 9.73. The van der Waals surface area contributed by atoms with Gasteiger partial charge in [-0.15, -0.1) is 0 Å². The van der Waals surface area contributed by atoms with E-state index in [4.69, 9.17) is 0 Å². The lowest BCUT2D eigenvalue weighted by atomic mass is 9.81. The number of rotatable bonds is 5. The number of hydrogen-bond acceptors (Lipinski definition) is 1. The molecule has 274 valence electrons. The lowest BCUT2D eigenvalue weighted by Gasteiger charge is -2.23. The van der Waals surface area contributed by atoms with Crippen LogP contribution in [0.15, 0.2) is 219 Å². The van der Waals surface area contributed by atoms with Crippen molar-refractivity contribution in [1.82, 2.24) is 9.55 Å². The molecule has 0 N–H and O–H groups in total. The number of pyridine rings is 1. The summed E-state index contributed by atoms with van der Waals surface area (Å²) in [6, 6.07) is 75.8. The molecule has 0 amide bonds. The first-order chi connectivity index (χ1) is 29.3. The molecule has 2 nitrogen and oxygen atoms in total. The van der Waals surface area contributed by atoms with Crippen LogP contribution in [0.3, 0.4) is 0 Å². The van der Waals surface area contributed by atoms with Gasteiger partial charge in [-0.2, -0.15) is 0 Å². The summed E-state index contributed by atoms with van der Waals surface area (Å²) < 4.78 is 2.50.